The summed E-state index contributed by atoms with van der Waals surface area (Å²) in [7, 11) is 0. The number of benzene rings is 1. The highest BCUT2D eigenvalue weighted by Gasteiger charge is 2.23. The number of imidazole rings is 1. The van der Waals surface area contributed by atoms with Crippen LogP contribution >= 0.6 is 0 Å². The van der Waals surface area contributed by atoms with Gasteiger partial charge in [-0.05, 0) is 5.56 Å². The van der Waals surface area contributed by atoms with Gasteiger partial charge in [0.05, 0.1) is 18.7 Å². The van der Waals surface area contributed by atoms with Gasteiger partial charge < -0.3 is 14.8 Å². The lowest BCUT2D eigenvalue weighted by molar-refractivity contribution is -0.152. The van der Waals surface area contributed by atoms with Crippen molar-refractivity contribution in [3.8, 4) is 0 Å². The lowest BCUT2D eigenvalue weighted by atomic mass is 10.00. The van der Waals surface area contributed by atoms with Crippen molar-refractivity contribution in [2.24, 2.45) is 5.92 Å². The molecule has 21 heavy (non-hydrogen) atoms. The summed E-state index contributed by atoms with van der Waals surface area (Å²) in [6, 6.07) is 9.25. The van der Waals surface area contributed by atoms with E-state index in [4.69, 9.17) is 9.84 Å². The molecule has 6 heteroatoms. The van der Waals surface area contributed by atoms with Crippen molar-refractivity contribution in [1.29, 1.82) is 0 Å². The van der Waals surface area contributed by atoms with E-state index >= 15 is 0 Å². The molecule has 110 valence electrons. The van der Waals surface area contributed by atoms with Crippen molar-refractivity contribution < 1.29 is 19.4 Å². The number of rotatable bonds is 7. The van der Waals surface area contributed by atoms with Crippen LogP contribution in [0, 0.1) is 5.92 Å². The minimum absolute atomic E-state index is 0.149. The minimum atomic E-state index is -1.03. The maximum Gasteiger partial charge on any atom is 0.307 e. The molecule has 0 aliphatic rings. The summed E-state index contributed by atoms with van der Waals surface area (Å²) in [6.07, 6.45) is 3.07. The maximum absolute atomic E-state index is 11.7. The predicted octanol–water partition coefficient (Wildman–Crippen LogP) is 1.79. The summed E-state index contributed by atoms with van der Waals surface area (Å²) < 4.78 is 5.10. The Hall–Kier alpha value is -2.63. The molecular weight excluding hydrogens is 272 g/mol. The molecule has 6 nitrogen and oxygen atoms in total. The van der Waals surface area contributed by atoms with Gasteiger partial charge in [0.15, 0.2) is 0 Å². The van der Waals surface area contributed by atoms with Crippen LogP contribution in [0.5, 0.6) is 0 Å². The van der Waals surface area contributed by atoms with Crippen molar-refractivity contribution in [2.75, 3.05) is 0 Å². The molecule has 2 rings (SSSR count). The third-order valence-electron chi connectivity index (χ3n) is 3.03. The van der Waals surface area contributed by atoms with Gasteiger partial charge >= 0.3 is 11.9 Å². The summed E-state index contributed by atoms with van der Waals surface area (Å²) >= 11 is 0. The van der Waals surface area contributed by atoms with Crippen molar-refractivity contribution in [2.45, 2.75) is 19.4 Å². The SMILES string of the molecule is O=C(CC(Cc1cnc[nH]1)C(=O)O)OCc1ccccc1. The van der Waals surface area contributed by atoms with Crippen molar-refractivity contribution in [1.82, 2.24) is 9.97 Å². The van der Waals surface area contributed by atoms with Gasteiger partial charge in [0.1, 0.15) is 6.61 Å². The van der Waals surface area contributed by atoms with Crippen LogP contribution in [0.1, 0.15) is 17.7 Å². The number of carboxylic acids is 1. The van der Waals surface area contributed by atoms with E-state index < -0.39 is 17.9 Å². The first-order valence-corrected chi connectivity index (χ1v) is 6.54. The van der Waals surface area contributed by atoms with E-state index in [9.17, 15) is 9.59 Å². The van der Waals surface area contributed by atoms with Crippen LogP contribution in [0.2, 0.25) is 0 Å². The number of nitrogens with one attached hydrogen (secondary N) is 1. The maximum atomic E-state index is 11.7. The molecule has 0 radical (unpaired) electrons. The number of aromatic nitrogens is 2. The molecule has 1 aromatic heterocycles. The highest BCUT2D eigenvalue weighted by Crippen LogP contribution is 2.12. The number of nitrogens with zero attached hydrogens (tertiary/aromatic N) is 1. The first-order valence-electron chi connectivity index (χ1n) is 6.54. The molecule has 0 bridgehead atoms. The molecule has 1 aromatic carbocycles. The fourth-order valence-corrected chi connectivity index (χ4v) is 1.91. The van der Waals surface area contributed by atoms with Gasteiger partial charge in [-0.25, -0.2) is 4.98 Å². The number of carbonyl (C=O) groups is 2. The number of aromatic amines is 1. The Bertz CT molecular complexity index is 581. The normalized spacial score (nSPS) is 11.8. The van der Waals surface area contributed by atoms with Crippen LogP contribution < -0.4 is 0 Å². The van der Waals surface area contributed by atoms with Gasteiger partial charge in [-0.3, -0.25) is 9.59 Å². The third kappa shape index (κ3) is 4.76. The lowest BCUT2D eigenvalue weighted by Gasteiger charge is -2.11. The number of carboxylic acid groups (broad SMARTS) is 1. The molecule has 0 aliphatic carbocycles. The first kappa shape index (κ1) is 14.8. The molecule has 0 saturated carbocycles. The molecule has 2 N–H and O–H groups in total. The number of H-pyrrole nitrogens is 1. The minimum Gasteiger partial charge on any atom is -0.481 e. The standard InChI is InChI=1S/C15H16N2O4/c18-14(21-9-11-4-2-1-3-5-11)7-12(15(19)20)6-13-8-16-10-17-13/h1-5,8,10,12H,6-7,9H2,(H,16,17)(H,19,20). The van der Waals surface area contributed by atoms with Gasteiger partial charge in [0, 0.05) is 18.3 Å². The van der Waals surface area contributed by atoms with E-state index in [1.807, 2.05) is 30.3 Å². The molecular formula is C15H16N2O4. The summed E-state index contributed by atoms with van der Waals surface area (Å²) in [4.78, 5) is 29.6. The Morgan fingerprint density at radius 2 is 2.05 bits per heavy atom. The molecule has 0 fully saturated rings. The smallest absolute Gasteiger partial charge is 0.307 e. The van der Waals surface area contributed by atoms with E-state index in [0.29, 0.717) is 5.69 Å². The summed E-state index contributed by atoms with van der Waals surface area (Å²) in [5.74, 6) is -2.37. The highest BCUT2D eigenvalue weighted by atomic mass is 16.5. The summed E-state index contributed by atoms with van der Waals surface area (Å²) in [5.41, 5.74) is 1.55. The van der Waals surface area contributed by atoms with E-state index in [0.717, 1.165) is 5.56 Å². The van der Waals surface area contributed by atoms with Crippen LogP contribution in [0.4, 0.5) is 0 Å². The predicted molar refractivity (Wildman–Crippen MR) is 74.3 cm³/mol. The largest absolute Gasteiger partial charge is 0.481 e. The average molecular weight is 288 g/mol. The van der Waals surface area contributed by atoms with Gasteiger partial charge in [-0.1, -0.05) is 30.3 Å². The fraction of sp³-hybridized carbons (Fsp3) is 0.267. The number of aliphatic carboxylic acids is 1. The van der Waals surface area contributed by atoms with Crippen LogP contribution in [0.3, 0.4) is 0 Å². The van der Waals surface area contributed by atoms with Gasteiger partial charge in [-0.2, -0.15) is 0 Å². The number of ether oxygens (including phenoxy) is 1. The van der Waals surface area contributed by atoms with Gasteiger partial charge in [0.25, 0.3) is 0 Å². The Labute approximate surface area is 121 Å². The molecule has 1 atom stereocenters. The van der Waals surface area contributed by atoms with Crippen molar-refractivity contribution in [3.05, 3.63) is 54.1 Å². The lowest BCUT2D eigenvalue weighted by Crippen LogP contribution is -2.21. The van der Waals surface area contributed by atoms with E-state index in [1.165, 1.54) is 6.33 Å². The first-order chi connectivity index (χ1) is 10.1. The Morgan fingerprint density at radius 1 is 1.29 bits per heavy atom. The molecule has 0 aliphatic heterocycles. The monoisotopic (exact) mass is 288 g/mol. The molecule has 0 spiro atoms. The Balaban J connectivity index is 1.85. The van der Waals surface area contributed by atoms with Crippen LogP contribution in [0.15, 0.2) is 42.9 Å². The number of hydrogen-bond donors (Lipinski definition) is 2. The zero-order valence-corrected chi connectivity index (χ0v) is 11.4. The summed E-state index contributed by atoms with van der Waals surface area (Å²) in [5, 5.41) is 9.16. The molecule has 0 amide bonds. The van der Waals surface area contributed by atoms with Crippen molar-refractivity contribution in [3.63, 3.8) is 0 Å². The second kappa shape index (κ2) is 7.23. The van der Waals surface area contributed by atoms with Gasteiger partial charge in [-0.15, -0.1) is 0 Å². The molecule has 1 heterocycles. The quantitative estimate of drug-likeness (QED) is 0.758. The van der Waals surface area contributed by atoms with E-state index in [-0.39, 0.29) is 19.4 Å². The van der Waals surface area contributed by atoms with Crippen LogP contribution in [0.25, 0.3) is 0 Å². The molecule has 2 aromatic rings. The fourth-order valence-electron chi connectivity index (χ4n) is 1.91. The van der Waals surface area contributed by atoms with Crippen molar-refractivity contribution >= 4 is 11.9 Å². The summed E-state index contributed by atoms with van der Waals surface area (Å²) in [6.45, 7) is 0.149. The zero-order valence-electron chi connectivity index (χ0n) is 11.4. The van der Waals surface area contributed by atoms with E-state index in [1.54, 1.807) is 6.20 Å². The average Bonchev–Trinajstić information content (AvgIpc) is 2.98. The number of hydrogen-bond acceptors (Lipinski definition) is 4. The number of esters is 1. The third-order valence-corrected chi connectivity index (χ3v) is 3.03. The van der Waals surface area contributed by atoms with E-state index in [2.05, 4.69) is 9.97 Å². The second-order valence-corrected chi connectivity index (χ2v) is 4.67. The topological polar surface area (TPSA) is 92.3 Å². The zero-order chi connectivity index (χ0) is 15.1. The van der Waals surface area contributed by atoms with Crippen LogP contribution in [-0.4, -0.2) is 27.0 Å². The highest BCUT2D eigenvalue weighted by molar-refractivity contribution is 5.79. The second-order valence-electron chi connectivity index (χ2n) is 4.67. The Kier molecular flexibility index (Phi) is 5.09. The molecule has 0 saturated heterocycles. The molecule has 1 unspecified atom stereocenters. The number of carbonyl (C=O) groups excluding carboxylic acids is 1. The van der Waals surface area contributed by atoms with Gasteiger partial charge in [0.2, 0.25) is 0 Å². The Morgan fingerprint density at radius 3 is 2.67 bits per heavy atom. The van der Waals surface area contributed by atoms with Crippen LogP contribution in [-0.2, 0) is 27.4 Å².